The third-order valence-corrected chi connectivity index (χ3v) is 4.27. The van der Waals surface area contributed by atoms with Crippen molar-refractivity contribution in [2.75, 3.05) is 11.9 Å². The summed E-state index contributed by atoms with van der Waals surface area (Å²) >= 11 is 0. The summed E-state index contributed by atoms with van der Waals surface area (Å²) in [5.41, 5.74) is 2.08. The van der Waals surface area contributed by atoms with E-state index in [9.17, 15) is 22.8 Å². The van der Waals surface area contributed by atoms with Crippen LogP contribution in [0.15, 0.2) is 30.5 Å². The van der Waals surface area contributed by atoms with Crippen molar-refractivity contribution in [2.45, 2.75) is 19.5 Å². The summed E-state index contributed by atoms with van der Waals surface area (Å²) in [7, 11) is 0. The van der Waals surface area contributed by atoms with Crippen molar-refractivity contribution >= 4 is 28.4 Å². The van der Waals surface area contributed by atoms with Gasteiger partial charge in [-0.2, -0.15) is 13.2 Å². The Morgan fingerprint density at radius 1 is 1.32 bits per heavy atom. The maximum absolute atomic E-state index is 13.1. The van der Waals surface area contributed by atoms with Crippen molar-refractivity contribution in [1.29, 1.82) is 0 Å². The number of rotatable bonds is 2. The van der Waals surface area contributed by atoms with Crippen molar-refractivity contribution in [1.82, 2.24) is 10.3 Å². The molecular formula is C17H16F3N3O2. The second-order valence-electron chi connectivity index (χ2n) is 6.17. The molecule has 2 N–H and O–H groups in total. The zero-order valence-corrected chi connectivity index (χ0v) is 13.4. The number of alkyl halides is 3. The Morgan fingerprint density at radius 2 is 2.08 bits per heavy atom. The number of piperidine rings is 1. The summed E-state index contributed by atoms with van der Waals surface area (Å²) in [6.07, 6.45) is -3.95. The first-order chi connectivity index (χ1) is 11.7. The highest BCUT2D eigenvalue weighted by atomic mass is 19.4. The Kier molecular flexibility index (Phi) is 4.36. The molecule has 1 saturated heterocycles. The van der Waals surface area contributed by atoms with Gasteiger partial charge in [0.15, 0.2) is 0 Å². The zero-order valence-electron chi connectivity index (χ0n) is 13.4. The number of amides is 2. The van der Waals surface area contributed by atoms with Crippen molar-refractivity contribution in [3.05, 3.63) is 36.0 Å². The van der Waals surface area contributed by atoms with E-state index in [2.05, 4.69) is 15.6 Å². The number of nitrogens with zero attached hydrogens (tertiary/aromatic N) is 1. The molecular weight excluding hydrogens is 335 g/mol. The first-order valence-corrected chi connectivity index (χ1v) is 7.75. The van der Waals surface area contributed by atoms with Gasteiger partial charge in [0.05, 0.1) is 29.2 Å². The Hall–Kier alpha value is -2.64. The second-order valence-corrected chi connectivity index (χ2v) is 6.17. The molecule has 2 amide bonds. The molecule has 8 heteroatoms. The Balaban J connectivity index is 1.81. The number of hydrogen-bond acceptors (Lipinski definition) is 3. The van der Waals surface area contributed by atoms with E-state index in [0.29, 0.717) is 5.69 Å². The van der Waals surface area contributed by atoms with Crippen LogP contribution in [0.3, 0.4) is 0 Å². The predicted octanol–water partition coefficient (Wildman–Crippen LogP) is 2.80. The summed E-state index contributed by atoms with van der Waals surface area (Å²) in [6.45, 7) is 1.58. The highest BCUT2D eigenvalue weighted by Crippen LogP contribution is 2.37. The van der Waals surface area contributed by atoms with Crippen molar-refractivity contribution in [3.8, 4) is 0 Å². The number of nitrogens with one attached hydrogen (secondary N) is 2. The Bertz CT molecular complexity index is 835. The number of carbonyl (C=O) groups excluding carboxylic acids is 2. The van der Waals surface area contributed by atoms with Gasteiger partial charge in [0, 0.05) is 18.4 Å². The average Bonchev–Trinajstić information content (AvgIpc) is 2.54. The predicted molar refractivity (Wildman–Crippen MR) is 85.8 cm³/mol. The lowest BCUT2D eigenvalue weighted by Crippen LogP contribution is -2.50. The maximum Gasteiger partial charge on any atom is 0.393 e. The van der Waals surface area contributed by atoms with Gasteiger partial charge in [0.2, 0.25) is 11.8 Å². The number of aryl methyl sites for hydroxylation is 1. The largest absolute Gasteiger partial charge is 0.393 e. The Labute approximate surface area is 141 Å². The molecule has 1 aromatic heterocycles. The summed E-state index contributed by atoms with van der Waals surface area (Å²) < 4.78 is 39.4. The van der Waals surface area contributed by atoms with Crippen LogP contribution in [0.4, 0.5) is 18.9 Å². The average molecular weight is 351 g/mol. The first-order valence-electron chi connectivity index (χ1n) is 7.75. The first kappa shape index (κ1) is 17.2. The molecule has 1 fully saturated rings. The van der Waals surface area contributed by atoms with E-state index in [1.165, 1.54) is 6.20 Å². The number of halogens is 3. The fourth-order valence-corrected chi connectivity index (χ4v) is 2.93. The number of hydrogen-bond donors (Lipinski definition) is 2. The molecule has 0 saturated carbocycles. The fraction of sp³-hybridized carbons (Fsp3) is 0.353. The number of pyridine rings is 1. The van der Waals surface area contributed by atoms with Gasteiger partial charge in [-0.1, -0.05) is 12.1 Å². The highest BCUT2D eigenvalue weighted by molar-refractivity contribution is 5.96. The molecule has 2 unspecified atom stereocenters. The number of fused-ring (bicyclic) bond motifs is 1. The molecule has 3 rings (SSSR count). The molecule has 0 spiro atoms. The molecule has 25 heavy (non-hydrogen) atoms. The minimum Gasteiger partial charge on any atom is -0.355 e. The number of aromatic nitrogens is 1. The standard InChI is InChI=1S/C17H16F3N3O2/c1-9-2-3-10-5-11(7-21-14(10)4-9)23-16(25)12-8-22-15(24)6-13(12)17(18,19)20/h2-5,7,12-13H,6,8H2,1H3,(H,22,24)(H,23,25). The van der Waals surface area contributed by atoms with Crippen LogP contribution in [-0.4, -0.2) is 29.5 Å². The Morgan fingerprint density at radius 3 is 2.80 bits per heavy atom. The van der Waals surface area contributed by atoms with E-state index in [4.69, 9.17) is 0 Å². The molecule has 2 atom stereocenters. The third kappa shape index (κ3) is 3.72. The van der Waals surface area contributed by atoms with Crippen LogP contribution in [0.5, 0.6) is 0 Å². The van der Waals surface area contributed by atoms with Crippen LogP contribution in [-0.2, 0) is 9.59 Å². The fourth-order valence-electron chi connectivity index (χ4n) is 2.93. The van der Waals surface area contributed by atoms with Gasteiger partial charge in [-0.05, 0) is 24.6 Å². The van der Waals surface area contributed by atoms with Gasteiger partial charge in [0.1, 0.15) is 0 Å². The van der Waals surface area contributed by atoms with Gasteiger partial charge >= 0.3 is 6.18 Å². The van der Waals surface area contributed by atoms with E-state index in [1.807, 2.05) is 25.1 Å². The molecule has 2 aromatic rings. The third-order valence-electron chi connectivity index (χ3n) is 4.27. The lowest BCUT2D eigenvalue weighted by molar-refractivity contribution is -0.197. The smallest absolute Gasteiger partial charge is 0.355 e. The molecule has 5 nitrogen and oxygen atoms in total. The molecule has 1 aromatic carbocycles. The molecule has 0 bridgehead atoms. The summed E-state index contributed by atoms with van der Waals surface area (Å²) in [6, 6.07) is 7.24. The molecule has 0 radical (unpaired) electrons. The van der Waals surface area contributed by atoms with E-state index in [1.54, 1.807) is 6.07 Å². The second kappa shape index (κ2) is 6.34. The van der Waals surface area contributed by atoms with Crippen LogP contribution in [0, 0.1) is 18.8 Å². The van der Waals surface area contributed by atoms with E-state index < -0.39 is 36.2 Å². The van der Waals surface area contributed by atoms with Crippen molar-refractivity contribution < 1.29 is 22.8 Å². The number of anilines is 1. The van der Waals surface area contributed by atoms with Gasteiger partial charge in [-0.15, -0.1) is 0 Å². The van der Waals surface area contributed by atoms with Crippen molar-refractivity contribution in [3.63, 3.8) is 0 Å². The highest BCUT2D eigenvalue weighted by Gasteiger charge is 2.50. The normalized spacial score (nSPS) is 21.0. The van der Waals surface area contributed by atoms with E-state index >= 15 is 0 Å². The van der Waals surface area contributed by atoms with E-state index in [0.717, 1.165) is 16.5 Å². The van der Waals surface area contributed by atoms with Crippen LogP contribution in [0.2, 0.25) is 0 Å². The topological polar surface area (TPSA) is 71.1 Å². The molecule has 1 aliphatic heterocycles. The summed E-state index contributed by atoms with van der Waals surface area (Å²) in [5.74, 6) is -4.84. The summed E-state index contributed by atoms with van der Waals surface area (Å²) in [4.78, 5) is 27.8. The van der Waals surface area contributed by atoms with E-state index in [-0.39, 0.29) is 6.54 Å². The minimum atomic E-state index is -4.61. The van der Waals surface area contributed by atoms with Crippen LogP contribution in [0.1, 0.15) is 12.0 Å². The number of benzene rings is 1. The van der Waals surface area contributed by atoms with Gasteiger partial charge in [0.25, 0.3) is 0 Å². The van der Waals surface area contributed by atoms with Crippen LogP contribution < -0.4 is 10.6 Å². The lowest BCUT2D eigenvalue weighted by Gasteiger charge is -2.31. The quantitative estimate of drug-likeness (QED) is 0.874. The summed E-state index contributed by atoms with van der Waals surface area (Å²) in [5, 5.41) is 5.57. The number of carbonyl (C=O) groups is 2. The van der Waals surface area contributed by atoms with Gasteiger partial charge in [-0.3, -0.25) is 14.6 Å². The van der Waals surface area contributed by atoms with Gasteiger partial charge in [-0.25, -0.2) is 0 Å². The monoisotopic (exact) mass is 351 g/mol. The zero-order chi connectivity index (χ0) is 18.2. The van der Waals surface area contributed by atoms with Gasteiger partial charge < -0.3 is 10.6 Å². The molecule has 2 heterocycles. The van der Waals surface area contributed by atoms with Crippen LogP contribution >= 0.6 is 0 Å². The van der Waals surface area contributed by atoms with Crippen molar-refractivity contribution in [2.24, 2.45) is 11.8 Å². The molecule has 132 valence electrons. The lowest BCUT2D eigenvalue weighted by atomic mass is 9.84. The minimum absolute atomic E-state index is 0.319. The molecule has 1 aliphatic rings. The SMILES string of the molecule is Cc1ccc2cc(NC(=O)C3CNC(=O)CC3C(F)(F)F)cnc2c1. The van der Waals surface area contributed by atoms with Crippen LogP contribution in [0.25, 0.3) is 10.9 Å². The maximum atomic E-state index is 13.1. The molecule has 0 aliphatic carbocycles.